The van der Waals surface area contributed by atoms with Gasteiger partial charge < -0.3 is 5.32 Å². The first kappa shape index (κ1) is 15.9. The zero-order valence-electron chi connectivity index (χ0n) is 14.0. The average Bonchev–Trinajstić information content (AvgIpc) is 3.27. The van der Waals surface area contributed by atoms with Crippen LogP contribution in [-0.2, 0) is 12.8 Å². The number of hydrogen-bond acceptors (Lipinski definition) is 7. The van der Waals surface area contributed by atoms with Gasteiger partial charge in [-0.3, -0.25) is 14.9 Å². The molecule has 5 rings (SSSR count). The van der Waals surface area contributed by atoms with Crippen LogP contribution in [0.2, 0.25) is 0 Å². The summed E-state index contributed by atoms with van der Waals surface area (Å²) in [6, 6.07) is 10.3. The Balaban J connectivity index is 1.58. The van der Waals surface area contributed by atoms with Gasteiger partial charge in [0, 0.05) is 17.8 Å². The molecule has 2 aromatic heterocycles. The van der Waals surface area contributed by atoms with Gasteiger partial charge in [0.2, 0.25) is 10.1 Å². The van der Waals surface area contributed by atoms with E-state index >= 15 is 0 Å². The molecule has 0 saturated carbocycles. The first-order valence-corrected chi connectivity index (χ1v) is 9.27. The van der Waals surface area contributed by atoms with E-state index in [9.17, 15) is 14.9 Å². The maximum Gasteiger partial charge on any atom is 0.283 e. The molecule has 2 heterocycles. The van der Waals surface area contributed by atoms with Gasteiger partial charge in [-0.1, -0.05) is 17.4 Å². The fraction of sp³-hybridized carbons (Fsp3) is 0.167. The lowest BCUT2D eigenvalue weighted by Gasteiger charge is -2.04. The third kappa shape index (κ3) is 2.63. The molecule has 0 radical (unpaired) electrons. The van der Waals surface area contributed by atoms with Crippen LogP contribution >= 0.6 is 11.3 Å². The van der Waals surface area contributed by atoms with Crippen LogP contribution in [0.1, 0.15) is 17.5 Å². The Bertz CT molecular complexity index is 1290. The molecule has 9 heteroatoms. The number of non-ortho nitro benzene ring substituents is 1. The van der Waals surface area contributed by atoms with E-state index < -0.39 is 4.92 Å². The van der Waals surface area contributed by atoms with E-state index in [1.54, 1.807) is 0 Å². The third-order valence-corrected chi connectivity index (χ3v) is 5.56. The van der Waals surface area contributed by atoms with E-state index in [1.165, 1.54) is 51.6 Å². The summed E-state index contributed by atoms with van der Waals surface area (Å²) in [5, 5.41) is 19.4. The Hall–Kier alpha value is -3.33. The minimum atomic E-state index is -0.504. The first-order valence-electron chi connectivity index (χ1n) is 8.45. The maximum absolute atomic E-state index is 12.7. The number of aromatic nitrogens is 3. The fourth-order valence-electron chi connectivity index (χ4n) is 3.43. The van der Waals surface area contributed by atoms with Crippen molar-refractivity contribution in [3.8, 4) is 0 Å². The van der Waals surface area contributed by atoms with Crippen molar-refractivity contribution >= 4 is 43.7 Å². The van der Waals surface area contributed by atoms with E-state index in [4.69, 9.17) is 0 Å². The number of nitrogens with one attached hydrogen (secondary N) is 1. The van der Waals surface area contributed by atoms with Gasteiger partial charge in [0.05, 0.1) is 15.8 Å². The third-order valence-electron chi connectivity index (χ3n) is 4.74. The molecule has 0 unspecified atom stereocenters. The zero-order chi connectivity index (χ0) is 18.5. The van der Waals surface area contributed by atoms with Crippen LogP contribution in [0.4, 0.5) is 16.5 Å². The molecule has 134 valence electrons. The van der Waals surface area contributed by atoms with Gasteiger partial charge >= 0.3 is 0 Å². The quantitative estimate of drug-likeness (QED) is 0.432. The summed E-state index contributed by atoms with van der Waals surface area (Å²) < 4.78 is 1.23. The number of anilines is 2. The van der Waals surface area contributed by atoms with Gasteiger partial charge in [0.25, 0.3) is 11.2 Å². The van der Waals surface area contributed by atoms with E-state index in [1.807, 2.05) is 6.07 Å². The number of rotatable bonds is 3. The van der Waals surface area contributed by atoms with Crippen LogP contribution in [0.15, 0.2) is 41.2 Å². The molecule has 0 fully saturated rings. The van der Waals surface area contributed by atoms with Crippen molar-refractivity contribution in [1.82, 2.24) is 14.6 Å². The molecule has 4 aromatic rings. The number of fused-ring (bicyclic) bond motifs is 3. The number of hydrogen-bond donors (Lipinski definition) is 1. The maximum atomic E-state index is 12.7. The minimum absolute atomic E-state index is 0.0974. The number of aryl methyl sites for hydroxylation is 2. The molecule has 1 N–H and O–H groups in total. The highest BCUT2D eigenvalue weighted by Gasteiger charge is 2.15. The molecule has 0 aliphatic heterocycles. The predicted molar refractivity (Wildman–Crippen MR) is 103 cm³/mol. The molecule has 1 aliphatic carbocycles. The van der Waals surface area contributed by atoms with Gasteiger partial charge in [0.15, 0.2) is 0 Å². The first-order chi connectivity index (χ1) is 13.1. The zero-order valence-corrected chi connectivity index (χ0v) is 14.8. The molecule has 0 spiro atoms. The van der Waals surface area contributed by atoms with Gasteiger partial charge in [-0.2, -0.15) is 4.52 Å². The Kier molecular flexibility index (Phi) is 3.44. The SMILES string of the molecule is O=c1c2ccc([N+](=O)[O-])cc2nc2sc(Nc3ccc4c(c3)CCC4)nn12. The second kappa shape index (κ2) is 5.85. The van der Waals surface area contributed by atoms with Crippen molar-refractivity contribution in [1.29, 1.82) is 0 Å². The second-order valence-corrected chi connectivity index (χ2v) is 7.40. The molecule has 1 aliphatic rings. The second-order valence-electron chi connectivity index (χ2n) is 6.44. The van der Waals surface area contributed by atoms with E-state index in [0.29, 0.717) is 21.0 Å². The smallest absolute Gasteiger partial charge is 0.283 e. The van der Waals surface area contributed by atoms with Crippen molar-refractivity contribution in [3.05, 3.63) is 68.0 Å². The molecule has 0 saturated heterocycles. The van der Waals surface area contributed by atoms with Crippen LogP contribution in [0, 0.1) is 10.1 Å². The minimum Gasteiger partial charge on any atom is -0.330 e. The summed E-state index contributed by atoms with van der Waals surface area (Å²) in [6.45, 7) is 0. The molecule has 0 bridgehead atoms. The van der Waals surface area contributed by atoms with Crippen molar-refractivity contribution in [2.45, 2.75) is 19.3 Å². The summed E-state index contributed by atoms with van der Waals surface area (Å²) in [6.07, 6.45) is 3.38. The lowest BCUT2D eigenvalue weighted by Crippen LogP contribution is -2.15. The van der Waals surface area contributed by atoms with Crippen LogP contribution in [0.3, 0.4) is 0 Å². The highest BCUT2D eigenvalue weighted by Crippen LogP contribution is 2.28. The monoisotopic (exact) mass is 379 g/mol. The Morgan fingerprint density at radius 2 is 2.00 bits per heavy atom. The normalized spacial score (nSPS) is 13.2. The molecule has 0 atom stereocenters. The lowest BCUT2D eigenvalue weighted by atomic mass is 10.1. The Morgan fingerprint density at radius 3 is 2.85 bits per heavy atom. The summed E-state index contributed by atoms with van der Waals surface area (Å²) in [7, 11) is 0. The number of nitro benzene ring substituents is 1. The van der Waals surface area contributed by atoms with Crippen LogP contribution in [0.5, 0.6) is 0 Å². The number of nitro groups is 1. The lowest BCUT2D eigenvalue weighted by molar-refractivity contribution is -0.384. The van der Waals surface area contributed by atoms with Gasteiger partial charge in [-0.25, -0.2) is 4.98 Å². The average molecular weight is 379 g/mol. The molecule has 27 heavy (non-hydrogen) atoms. The summed E-state index contributed by atoms with van der Waals surface area (Å²) >= 11 is 1.23. The fourth-order valence-corrected chi connectivity index (χ4v) is 4.25. The van der Waals surface area contributed by atoms with Crippen LogP contribution in [0.25, 0.3) is 15.9 Å². The van der Waals surface area contributed by atoms with Crippen LogP contribution < -0.4 is 10.9 Å². The topological polar surface area (TPSA) is 102 Å². The van der Waals surface area contributed by atoms with Gasteiger partial charge in [-0.05, 0) is 48.6 Å². The van der Waals surface area contributed by atoms with Gasteiger partial charge in [-0.15, -0.1) is 5.10 Å². The summed E-state index contributed by atoms with van der Waals surface area (Å²) in [5.74, 6) is 0. The summed E-state index contributed by atoms with van der Waals surface area (Å²) in [4.78, 5) is 27.9. The van der Waals surface area contributed by atoms with E-state index in [2.05, 4.69) is 27.5 Å². The Labute approximate surface area is 156 Å². The summed E-state index contributed by atoms with van der Waals surface area (Å²) in [5.41, 5.74) is 3.50. The Morgan fingerprint density at radius 1 is 1.15 bits per heavy atom. The van der Waals surface area contributed by atoms with Crippen molar-refractivity contribution < 1.29 is 4.92 Å². The van der Waals surface area contributed by atoms with E-state index in [-0.39, 0.29) is 11.2 Å². The van der Waals surface area contributed by atoms with Crippen molar-refractivity contribution in [2.75, 3.05) is 5.32 Å². The van der Waals surface area contributed by atoms with E-state index in [0.717, 1.165) is 18.5 Å². The molecule has 2 aromatic carbocycles. The molecular weight excluding hydrogens is 366 g/mol. The number of nitrogens with zero attached hydrogens (tertiary/aromatic N) is 4. The standard InChI is InChI=1S/C18H13N5O3S/c24-16-14-7-6-13(23(25)26)9-15(14)20-18-22(16)21-17(27-18)19-12-5-4-10-2-1-3-11(10)8-12/h4-9H,1-3H2,(H,19,21). The molecule has 8 nitrogen and oxygen atoms in total. The van der Waals surface area contributed by atoms with Crippen molar-refractivity contribution in [2.24, 2.45) is 0 Å². The predicted octanol–water partition coefficient (Wildman–Crippen LogP) is 3.44. The highest BCUT2D eigenvalue weighted by molar-refractivity contribution is 7.20. The van der Waals surface area contributed by atoms with Gasteiger partial charge in [0.1, 0.15) is 0 Å². The number of benzene rings is 2. The molecular formula is C18H13N5O3S. The molecule has 0 amide bonds. The van der Waals surface area contributed by atoms with Crippen molar-refractivity contribution in [3.63, 3.8) is 0 Å². The van der Waals surface area contributed by atoms with Crippen LogP contribution in [-0.4, -0.2) is 19.5 Å². The highest BCUT2D eigenvalue weighted by atomic mass is 32.1. The largest absolute Gasteiger partial charge is 0.330 e.